The summed E-state index contributed by atoms with van der Waals surface area (Å²) in [7, 11) is 0. The van der Waals surface area contributed by atoms with Gasteiger partial charge in [0.05, 0.1) is 5.56 Å². The maximum atomic E-state index is 12.9. The molecular formula is C17H15F3N4O2. The summed E-state index contributed by atoms with van der Waals surface area (Å²) in [6.45, 7) is 0. The van der Waals surface area contributed by atoms with Crippen LogP contribution in [0.25, 0.3) is 22.8 Å². The average Bonchev–Trinajstić information content (AvgIpc) is 3.04. The predicted octanol–water partition coefficient (Wildman–Crippen LogP) is 3.83. The van der Waals surface area contributed by atoms with Crippen molar-refractivity contribution in [2.24, 2.45) is 5.73 Å². The molecule has 0 bridgehead atoms. The van der Waals surface area contributed by atoms with E-state index in [1.54, 1.807) is 0 Å². The van der Waals surface area contributed by atoms with Gasteiger partial charge in [0.1, 0.15) is 0 Å². The Morgan fingerprint density at radius 2 is 2.04 bits per heavy atom. The van der Waals surface area contributed by atoms with E-state index in [0.717, 1.165) is 37.8 Å². The minimum atomic E-state index is -4.45. The Bertz CT molecular complexity index is 928. The van der Waals surface area contributed by atoms with Crippen molar-refractivity contribution in [3.63, 3.8) is 0 Å². The van der Waals surface area contributed by atoms with Gasteiger partial charge in [0.15, 0.2) is 17.8 Å². The molecule has 1 fully saturated rings. The molecule has 0 amide bonds. The highest BCUT2D eigenvalue weighted by molar-refractivity contribution is 5.73. The van der Waals surface area contributed by atoms with E-state index >= 15 is 0 Å². The first-order chi connectivity index (χ1) is 12.3. The van der Waals surface area contributed by atoms with Gasteiger partial charge in [0, 0.05) is 17.5 Å². The van der Waals surface area contributed by atoms with Gasteiger partial charge in [-0.15, -0.1) is 0 Å². The van der Waals surface area contributed by atoms with Crippen molar-refractivity contribution in [2.75, 3.05) is 0 Å². The maximum absolute atomic E-state index is 12.9. The largest absolute Gasteiger partial charge is 0.443 e. The molecule has 0 spiro atoms. The van der Waals surface area contributed by atoms with Crippen LogP contribution in [0.4, 0.5) is 13.2 Å². The van der Waals surface area contributed by atoms with Crippen LogP contribution in [0.3, 0.4) is 0 Å². The second-order valence-electron chi connectivity index (χ2n) is 6.48. The lowest BCUT2D eigenvalue weighted by atomic mass is 10.1. The molecule has 1 aromatic carbocycles. The fourth-order valence-electron chi connectivity index (χ4n) is 2.67. The number of nitrogens with two attached hydrogens (primary N) is 1. The molecule has 1 aliphatic rings. The first-order valence-electron chi connectivity index (χ1n) is 8.07. The van der Waals surface area contributed by atoms with Gasteiger partial charge < -0.3 is 14.7 Å². The number of halogens is 3. The summed E-state index contributed by atoms with van der Waals surface area (Å²) in [5.41, 5.74) is 5.59. The Morgan fingerprint density at radius 3 is 2.77 bits per heavy atom. The van der Waals surface area contributed by atoms with Gasteiger partial charge in [-0.3, -0.25) is 0 Å². The first-order valence-corrected chi connectivity index (χ1v) is 8.07. The lowest BCUT2D eigenvalue weighted by Crippen LogP contribution is -2.22. The molecule has 2 N–H and O–H groups in total. The van der Waals surface area contributed by atoms with Crippen LogP contribution in [0.1, 0.15) is 30.7 Å². The Kier molecular flexibility index (Phi) is 3.83. The fourth-order valence-corrected chi connectivity index (χ4v) is 2.67. The molecule has 0 atom stereocenters. The van der Waals surface area contributed by atoms with Gasteiger partial charge >= 0.3 is 6.18 Å². The lowest BCUT2D eigenvalue weighted by Gasteiger charge is -2.07. The maximum Gasteiger partial charge on any atom is 0.416 e. The molecular weight excluding hydrogens is 349 g/mol. The Morgan fingerprint density at radius 1 is 1.23 bits per heavy atom. The van der Waals surface area contributed by atoms with Crippen molar-refractivity contribution in [2.45, 2.75) is 37.4 Å². The fraction of sp³-hybridized carbons (Fsp3) is 0.353. The number of hydrogen-bond donors (Lipinski definition) is 1. The summed E-state index contributed by atoms with van der Waals surface area (Å²) >= 11 is 0. The molecule has 1 aliphatic carbocycles. The monoisotopic (exact) mass is 364 g/mol. The summed E-state index contributed by atoms with van der Waals surface area (Å²) in [4.78, 5) is 8.29. The van der Waals surface area contributed by atoms with Crippen molar-refractivity contribution < 1.29 is 22.1 Å². The SMILES string of the molecule is NC1(CCc2nc(-c3ncoc3-c3cccc(C(F)(F)F)c3)no2)CC1. The van der Waals surface area contributed by atoms with Gasteiger partial charge in [-0.2, -0.15) is 18.2 Å². The first kappa shape index (κ1) is 16.8. The van der Waals surface area contributed by atoms with Crippen molar-refractivity contribution in [1.82, 2.24) is 15.1 Å². The van der Waals surface area contributed by atoms with Gasteiger partial charge in [-0.25, -0.2) is 4.98 Å². The molecule has 0 saturated heterocycles. The number of benzene rings is 1. The number of nitrogens with zero attached hydrogens (tertiary/aromatic N) is 3. The van der Waals surface area contributed by atoms with Crippen LogP contribution in [0.15, 0.2) is 39.6 Å². The highest BCUT2D eigenvalue weighted by atomic mass is 19.4. The standard InChI is InChI=1S/C17H15F3N4O2/c18-17(19,20)11-3-1-2-10(8-11)14-13(22-9-25-14)15-23-12(26-24-15)4-5-16(21)6-7-16/h1-3,8-9H,4-7,21H2. The number of hydrogen-bond acceptors (Lipinski definition) is 6. The van der Waals surface area contributed by atoms with Crippen molar-refractivity contribution in [1.29, 1.82) is 0 Å². The molecule has 6 nitrogen and oxygen atoms in total. The van der Waals surface area contributed by atoms with Crippen molar-refractivity contribution in [3.8, 4) is 22.8 Å². The van der Waals surface area contributed by atoms with E-state index in [0.29, 0.717) is 12.3 Å². The van der Waals surface area contributed by atoms with E-state index in [-0.39, 0.29) is 28.4 Å². The van der Waals surface area contributed by atoms with Crippen LogP contribution < -0.4 is 5.73 Å². The topological polar surface area (TPSA) is 91.0 Å². The third kappa shape index (κ3) is 3.34. The minimum Gasteiger partial charge on any atom is -0.443 e. The molecule has 2 heterocycles. The smallest absolute Gasteiger partial charge is 0.416 e. The highest BCUT2D eigenvalue weighted by Gasteiger charge is 2.38. The zero-order chi connectivity index (χ0) is 18.4. The number of aromatic nitrogens is 3. The third-order valence-corrected chi connectivity index (χ3v) is 4.43. The molecule has 0 radical (unpaired) electrons. The van der Waals surface area contributed by atoms with Gasteiger partial charge in [0.25, 0.3) is 0 Å². The van der Waals surface area contributed by atoms with E-state index < -0.39 is 11.7 Å². The second kappa shape index (κ2) is 5.94. The van der Waals surface area contributed by atoms with Crippen LogP contribution in [-0.4, -0.2) is 20.7 Å². The Balaban J connectivity index is 1.60. The van der Waals surface area contributed by atoms with E-state index in [4.69, 9.17) is 14.7 Å². The number of oxazole rings is 1. The van der Waals surface area contributed by atoms with Crippen molar-refractivity contribution in [3.05, 3.63) is 42.1 Å². The predicted molar refractivity (Wildman–Crippen MR) is 84.7 cm³/mol. The summed E-state index contributed by atoms with van der Waals surface area (Å²) in [6.07, 6.45) is -0.0569. The van der Waals surface area contributed by atoms with Gasteiger partial charge in [0.2, 0.25) is 11.7 Å². The molecule has 136 valence electrons. The van der Waals surface area contributed by atoms with Crippen LogP contribution in [0.5, 0.6) is 0 Å². The summed E-state index contributed by atoms with van der Waals surface area (Å²) in [6, 6.07) is 4.80. The van der Waals surface area contributed by atoms with E-state index in [9.17, 15) is 13.2 Å². The number of rotatable bonds is 5. The van der Waals surface area contributed by atoms with E-state index in [1.807, 2.05) is 0 Å². The molecule has 0 unspecified atom stereocenters. The lowest BCUT2D eigenvalue weighted by molar-refractivity contribution is -0.137. The molecule has 2 aromatic heterocycles. The molecule has 3 aromatic rings. The Hall–Kier alpha value is -2.68. The van der Waals surface area contributed by atoms with Crippen LogP contribution >= 0.6 is 0 Å². The normalized spacial score (nSPS) is 16.0. The highest BCUT2D eigenvalue weighted by Crippen LogP contribution is 2.37. The van der Waals surface area contributed by atoms with Gasteiger partial charge in [-0.1, -0.05) is 17.3 Å². The van der Waals surface area contributed by atoms with Crippen LogP contribution in [0.2, 0.25) is 0 Å². The zero-order valence-electron chi connectivity index (χ0n) is 13.6. The summed E-state index contributed by atoms with van der Waals surface area (Å²) in [5, 5.41) is 3.87. The van der Waals surface area contributed by atoms with E-state index in [1.165, 1.54) is 12.1 Å². The van der Waals surface area contributed by atoms with E-state index in [2.05, 4.69) is 15.1 Å². The second-order valence-corrected chi connectivity index (χ2v) is 6.48. The third-order valence-electron chi connectivity index (χ3n) is 4.43. The molecule has 26 heavy (non-hydrogen) atoms. The molecule has 9 heteroatoms. The molecule has 0 aliphatic heterocycles. The minimum absolute atomic E-state index is 0.133. The average molecular weight is 364 g/mol. The zero-order valence-corrected chi connectivity index (χ0v) is 13.6. The molecule has 1 saturated carbocycles. The molecule has 4 rings (SSSR count). The van der Waals surface area contributed by atoms with Crippen LogP contribution in [-0.2, 0) is 12.6 Å². The summed E-state index contributed by atoms with van der Waals surface area (Å²) < 4.78 is 49.3. The summed E-state index contributed by atoms with van der Waals surface area (Å²) in [5.74, 6) is 0.735. The van der Waals surface area contributed by atoms with Crippen LogP contribution in [0, 0.1) is 0 Å². The van der Waals surface area contributed by atoms with Gasteiger partial charge in [-0.05, 0) is 31.4 Å². The quantitative estimate of drug-likeness (QED) is 0.740. The Labute approximate surface area is 146 Å². The number of alkyl halides is 3. The van der Waals surface area contributed by atoms with Crippen molar-refractivity contribution >= 4 is 0 Å². The number of aryl methyl sites for hydroxylation is 1.